The van der Waals surface area contributed by atoms with Crippen LogP contribution in [0.5, 0.6) is 0 Å². The third-order valence-corrected chi connectivity index (χ3v) is 3.90. The summed E-state index contributed by atoms with van der Waals surface area (Å²) in [6, 6.07) is 3.92. The molecule has 1 fully saturated rings. The Kier molecular flexibility index (Phi) is 3.55. The van der Waals surface area contributed by atoms with Gasteiger partial charge in [-0.2, -0.15) is 0 Å². The molecule has 1 amide bonds. The van der Waals surface area contributed by atoms with Gasteiger partial charge in [-0.1, -0.05) is 0 Å². The van der Waals surface area contributed by atoms with Gasteiger partial charge in [0.05, 0.1) is 11.0 Å². The fourth-order valence-corrected chi connectivity index (χ4v) is 2.52. The van der Waals surface area contributed by atoms with Gasteiger partial charge in [0.1, 0.15) is 4.60 Å². The van der Waals surface area contributed by atoms with E-state index in [4.69, 9.17) is 0 Å². The zero-order valence-corrected chi connectivity index (χ0v) is 12.2. The number of carbonyl (C=O) groups excluding carboxylic acids is 1. The quantitative estimate of drug-likeness (QED) is 0.832. The second-order valence-electron chi connectivity index (χ2n) is 5.09. The molecule has 2 aromatic heterocycles. The summed E-state index contributed by atoms with van der Waals surface area (Å²) in [5, 5.41) is 2.98. The highest BCUT2D eigenvalue weighted by molar-refractivity contribution is 9.10. The lowest BCUT2D eigenvalue weighted by atomic mass is 10.2. The van der Waals surface area contributed by atoms with Gasteiger partial charge in [-0.05, 0) is 58.8 Å². The van der Waals surface area contributed by atoms with Crippen molar-refractivity contribution in [1.82, 2.24) is 15.3 Å². The number of nitrogens with one attached hydrogen (secondary N) is 2. The van der Waals surface area contributed by atoms with Crippen LogP contribution < -0.4 is 5.32 Å². The number of hydrogen-bond acceptors (Lipinski definition) is 2. The van der Waals surface area contributed by atoms with E-state index in [1.54, 1.807) is 0 Å². The van der Waals surface area contributed by atoms with E-state index in [0.717, 1.165) is 27.6 Å². The number of rotatable bonds is 5. The van der Waals surface area contributed by atoms with E-state index in [2.05, 4.69) is 31.2 Å². The maximum atomic E-state index is 11.6. The van der Waals surface area contributed by atoms with Crippen molar-refractivity contribution in [2.45, 2.75) is 25.7 Å². The predicted octanol–water partition coefficient (Wildman–Crippen LogP) is 2.78. The first-order chi connectivity index (χ1) is 9.22. The molecule has 0 saturated heterocycles. The molecule has 0 aliphatic heterocycles. The van der Waals surface area contributed by atoms with Crippen molar-refractivity contribution in [1.29, 1.82) is 0 Å². The van der Waals surface area contributed by atoms with Crippen molar-refractivity contribution in [3.05, 3.63) is 28.5 Å². The van der Waals surface area contributed by atoms with Crippen LogP contribution in [-0.2, 0) is 11.2 Å². The minimum Gasteiger partial charge on any atom is -0.360 e. The number of carbonyl (C=O) groups is 1. The van der Waals surface area contributed by atoms with Gasteiger partial charge in [-0.25, -0.2) is 4.98 Å². The molecule has 100 valence electrons. The first kappa shape index (κ1) is 12.7. The Labute approximate surface area is 120 Å². The summed E-state index contributed by atoms with van der Waals surface area (Å²) in [5.41, 5.74) is 3.15. The van der Waals surface area contributed by atoms with Gasteiger partial charge in [0.15, 0.2) is 0 Å². The van der Waals surface area contributed by atoms with E-state index in [1.807, 2.05) is 18.3 Å². The third-order valence-electron chi connectivity index (χ3n) is 3.45. The first-order valence-corrected chi connectivity index (χ1v) is 7.41. The summed E-state index contributed by atoms with van der Waals surface area (Å²) >= 11 is 3.38. The van der Waals surface area contributed by atoms with Crippen LogP contribution in [0.1, 0.15) is 24.8 Å². The Morgan fingerprint density at radius 1 is 1.47 bits per heavy atom. The molecule has 0 radical (unpaired) electrons. The number of aromatic amines is 1. The second-order valence-corrected chi connectivity index (χ2v) is 5.90. The zero-order chi connectivity index (χ0) is 13.2. The summed E-state index contributed by atoms with van der Waals surface area (Å²) in [7, 11) is 0. The lowest BCUT2D eigenvalue weighted by Gasteiger charge is -2.03. The number of amides is 1. The molecule has 5 heteroatoms. The van der Waals surface area contributed by atoms with Crippen LogP contribution in [0.2, 0.25) is 0 Å². The van der Waals surface area contributed by atoms with E-state index in [0.29, 0.717) is 18.9 Å². The molecule has 4 nitrogen and oxygen atoms in total. The van der Waals surface area contributed by atoms with Crippen LogP contribution in [-0.4, -0.2) is 22.4 Å². The van der Waals surface area contributed by atoms with Gasteiger partial charge in [0.2, 0.25) is 5.91 Å². The summed E-state index contributed by atoms with van der Waals surface area (Å²) in [5.74, 6) is 0.821. The van der Waals surface area contributed by atoms with Gasteiger partial charge >= 0.3 is 0 Å². The first-order valence-electron chi connectivity index (χ1n) is 6.61. The fraction of sp³-hybridized carbons (Fsp3) is 0.429. The second kappa shape index (κ2) is 5.33. The van der Waals surface area contributed by atoms with E-state index in [9.17, 15) is 4.79 Å². The molecule has 0 spiro atoms. The minimum absolute atomic E-state index is 0.177. The van der Waals surface area contributed by atoms with Gasteiger partial charge in [-0.15, -0.1) is 0 Å². The van der Waals surface area contributed by atoms with Gasteiger partial charge in [-0.3, -0.25) is 4.79 Å². The van der Waals surface area contributed by atoms with E-state index >= 15 is 0 Å². The molecule has 3 rings (SSSR count). The molecule has 2 N–H and O–H groups in total. The molecule has 1 aliphatic carbocycles. The van der Waals surface area contributed by atoms with Crippen LogP contribution in [0.15, 0.2) is 22.9 Å². The molecule has 0 unspecified atom stereocenters. The van der Waals surface area contributed by atoms with E-state index in [-0.39, 0.29) is 5.91 Å². The Morgan fingerprint density at radius 2 is 2.32 bits per heavy atom. The average Bonchev–Trinajstić information content (AvgIpc) is 3.10. The summed E-state index contributed by atoms with van der Waals surface area (Å²) in [6.45, 7) is 0.673. The van der Waals surface area contributed by atoms with Crippen molar-refractivity contribution in [3.8, 4) is 0 Å². The third kappa shape index (κ3) is 3.15. The highest BCUT2D eigenvalue weighted by Gasteiger charge is 2.23. The number of aromatic nitrogens is 2. The maximum absolute atomic E-state index is 11.6. The molecule has 2 heterocycles. The molecule has 0 bridgehead atoms. The molecule has 2 aromatic rings. The average molecular weight is 322 g/mol. The van der Waals surface area contributed by atoms with Crippen molar-refractivity contribution >= 4 is 32.9 Å². The number of halogens is 1. The Balaban J connectivity index is 1.58. The molecule has 19 heavy (non-hydrogen) atoms. The normalized spacial score (nSPS) is 14.8. The largest absolute Gasteiger partial charge is 0.360 e. The number of hydrogen-bond donors (Lipinski definition) is 2. The standard InChI is InChI=1S/C14H16BrN3O/c15-12-4-3-11-14(18-12)10(8-17-11)5-6-16-13(19)7-9-1-2-9/h3-4,8-9,17H,1-2,5-7H2,(H,16,19). The monoisotopic (exact) mass is 321 g/mol. The Morgan fingerprint density at radius 3 is 3.11 bits per heavy atom. The molecule has 1 saturated carbocycles. The molecule has 0 atom stereocenters. The van der Waals surface area contributed by atoms with Crippen LogP contribution >= 0.6 is 15.9 Å². The van der Waals surface area contributed by atoms with Crippen molar-refractivity contribution < 1.29 is 4.79 Å². The smallest absolute Gasteiger partial charge is 0.220 e. The van der Waals surface area contributed by atoms with Crippen molar-refractivity contribution in [2.24, 2.45) is 5.92 Å². The number of fused-ring (bicyclic) bond motifs is 1. The Hall–Kier alpha value is -1.36. The predicted molar refractivity (Wildman–Crippen MR) is 77.8 cm³/mol. The van der Waals surface area contributed by atoms with Crippen LogP contribution in [0.4, 0.5) is 0 Å². The van der Waals surface area contributed by atoms with Crippen LogP contribution in [0.3, 0.4) is 0 Å². The van der Waals surface area contributed by atoms with Crippen LogP contribution in [0, 0.1) is 5.92 Å². The van der Waals surface area contributed by atoms with E-state index < -0.39 is 0 Å². The molecular weight excluding hydrogens is 306 g/mol. The fourth-order valence-electron chi connectivity index (χ4n) is 2.21. The SMILES string of the molecule is O=C(CC1CC1)NCCc1c[nH]c2ccc(Br)nc12. The van der Waals surface area contributed by atoms with Crippen molar-refractivity contribution in [2.75, 3.05) is 6.54 Å². The summed E-state index contributed by atoms with van der Waals surface area (Å²) < 4.78 is 0.832. The summed E-state index contributed by atoms with van der Waals surface area (Å²) in [4.78, 5) is 19.3. The lowest BCUT2D eigenvalue weighted by Crippen LogP contribution is -2.25. The maximum Gasteiger partial charge on any atom is 0.220 e. The molecular formula is C14H16BrN3O. The Bertz CT molecular complexity index is 604. The topological polar surface area (TPSA) is 57.8 Å². The van der Waals surface area contributed by atoms with E-state index in [1.165, 1.54) is 12.8 Å². The lowest BCUT2D eigenvalue weighted by molar-refractivity contribution is -0.121. The van der Waals surface area contributed by atoms with Gasteiger partial charge in [0, 0.05) is 19.2 Å². The van der Waals surface area contributed by atoms with Crippen molar-refractivity contribution in [3.63, 3.8) is 0 Å². The highest BCUT2D eigenvalue weighted by atomic mass is 79.9. The highest BCUT2D eigenvalue weighted by Crippen LogP contribution is 2.32. The molecule has 0 aromatic carbocycles. The summed E-state index contributed by atoms with van der Waals surface area (Å²) in [6.07, 6.45) is 5.90. The molecule has 1 aliphatic rings. The number of pyridine rings is 1. The minimum atomic E-state index is 0.177. The number of nitrogens with zero attached hydrogens (tertiary/aromatic N) is 1. The van der Waals surface area contributed by atoms with Gasteiger partial charge < -0.3 is 10.3 Å². The van der Waals surface area contributed by atoms with Crippen LogP contribution in [0.25, 0.3) is 11.0 Å². The van der Waals surface area contributed by atoms with Gasteiger partial charge in [0.25, 0.3) is 0 Å². The zero-order valence-electron chi connectivity index (χ0n) is 10.6. The number of H-pyrrole nitrogens is 1.